The molecule has 24 heavy (non-hydrogen) atoms. The van der Waals surface area contributed by atoms with Gasteiger partial charge in [0, 0.05) is 37.6 Å². The minimum atomic E-state index is 0.0695. The van der Waals surface area contributed by atoms with Crippen LogP contribution < -0.4 is 0 Å². The van der Waals surface area contributed by atoms with Crippen molar-refractivity contribution < 1.29 is 4.79 Å². The van der Waals surface area contributed by atoms with Crippen LogP contribution >= 0.6 is 27.3 Å². The van der Waals surface area contributed by atoms with Crippen LogP contribution in [0, 0.1) is 0 Å². The van der Waals surface area contributed by atoms with Crippen LogP contribution in [0.4, 0.5) is 0 Å². The minimum Gasteiger partial charge on any atom is -0.335 e. The number of amides is 1. The highest BCUT2D eigenvalue weighted by molar-refractivity contribution is 9.11. The van der Waals surface area contributed by atoms with Crippen molar-refractivity contribution in [1.82, 2.24) is 14.8 Å². The number of benzene rings is 1. The van der Waals surface area contributed by atoms with E-state index < -0.39 is 0 Å². The zero-order chi connectivity index (χ0) is 17.1. The second-order valence-corrected chi connectivity index (χ2v) is 8.70. The molecule has 0 radical (unpaired) electrons. The van der Waals surface area contributed by atoms with Gasteiger partial charge in [0.2, 0.25) is 0 Å². The molecular weight excluding hydrogens is 386 g/mol. The molecule has 4 nitrogen and oxygen atoms in total. The number of aromatic nitrogens is 1. The van der Waals surface area contributed by atoms with Gasteiger partial charge >= 0.3 is 0 Å². The Labute approximate surface area is 155 Å². The number of nitrogens with zero attached hydrogens (tertiary/aromatic N) is 3. The monoisotopic (exact) mass is 407 g/mol. The molecule has 1 aliphatic rings. The molecule has 0 saturated carbocycles. The Hall–Kier alpha value is -1.24. The summed E-state index contributed by atoms with van der Waals surface area (Å²) in [5, 5.41) is 0. The molecule has 0 N–H and O–H groups in total. The number of hydrogen-bond donors (Lipinski definition) is 0. The third-order valence-electron chi connectivity index (χ3n) is 4.26. The Morgan fingerprint density at radius 2 is 1.88 bits per heavy atom. The molecule has 0 unspecified atom stereocenters. The largest absolute Gasteiger partial charge is 0.335 e. The molecule has 1 aromatic carbocycles. The van der Waals surface area contributed by atoms with Crippen molar-refractivity contribution >= 4 is 33.2 Å². The van der Waals surface area contributed by atoms with Crippen LogP contribution in [-0.4, -0.2) is 46.9 Å². The predicted octanol–water partition coefficient (Wildman–Crippen LogP) is 3.99. The zero-order valence-corrected chi connectivity index (χ0v) is 16.4. The van der Waals surface area contributed by atoms with Crippen molar-refractivity contribution in [3.63, 3.8) is 0 Å². The van der Waals surface area contributed by atoms with Crippen LogP contribution in [-0.2, 0) is 6.54 Å². The Morgan fingerprint density at radius 3 is 2.50 bits per heavy atom. The van der Waals surface area contributed by atoms with Crippen LogP contribution in [0.15, 0.2) is 34.2 Å². The minimum absolute atomic E-state index is 0.0695. The van der Waals surface area contributed by atoms with Gasteiger partial charge in [-0.05, 0) is 27.4 Å². The fraction of sp³-hybridized carbons (Fsp3) is 0.444. The van der Waals surface area contributed by atoms with Crippen molar-refractivity contribution in [2.45, 2.75) is 26.3 Å². The standard InChI is InChI=1S/C18H22BrN3OS/c1-13(2)16-15(20-18(19)24-16)17(23)22-10-8-21(9-11-22)12-14-6-4-3-5-7-14/h3-7,13H,8-12H2,1-2H3. The van der Waals surface area contributed by atoms with E-state index in [9.17, 15) is 4.79 Å². The maximum absolute atomic E-state index is 12.8. The average molecular weight is 408 g/mol. The SMILES string of the molecule is CC(C)c1sc(Br)nc1C(=O)N1CCN(Cc2ccccc2)CC1. The van der Waals surface area contributed by atoms with Gasteiger partial charge in [-0.3, -0.25) is 9.69 Å². The average Bonchev–Trinajstić information content (AvgIpc) is 2.98. The smallest absolute Gasteiger partial charge is 0.273 e. The van der Waals surface area contributed by atoms with Crippen molar-refractivity contribution in [2.24, 2.45) is 0 Å². The number of piperazine rings is 1. The lowest BCUT2D eigenvalue weighted by Gasteiger charge is -2.34. The number of thiazole rings is 1. The van der Waals surface area contributed by atoms with Gasteiger partial charge < -0.3 is 4.90 Å². The molecule has 0 spiro atoms. The fourth-order valence-corrected chi connectivity index (χ4v) is 4.43. The van der Waals surface area contributed by atoms with E-state index in [0.29, 0.717) is 11.6 Å². The lowest BCUT2D eigenvalue weighted by molar-refractivity contribution is 0.0622. The normalized spacial score (nSPS) is 15.9. The molecule has 128 valence electrons. The fourth-order valence-electron chi connectivity index (χ4n) is 2.95. The molecule has 1 amide bonds. The Bertz CT molecular complexity index is 694. The molecule has 3 rings (SSSR count). The summed E-state index contributed by atoms with van der Waals surface area (Å²) in [6.45, 7) is 8.49. The van der Waals surface area contributed by atoms with Crippen molar-refractivity contribution in [3.05, 3.63) is 50.4 Å². The lowest BCUT2D eigenvalue weighted by atomic mass is 10.1. The van der Waals surface area contributed by atoms with Gasteiger partial charge in [-0.1, -0.05) is 44.2 Å². The molecule has 0 aliphatic carbocycles. The highest BCUT2D eigenvalue weighted by Crippen LogP contribution is 2.30. The van der Waals surface area contributed by atoms with E-state index in [1.807, 2.05) is 11.0 Å². The first-order chi connectivity index (χ1) is 11.5. The summed E-state index contributed by atoms with van der Waals surface area (Å²) >= 11 is 4.98. The van der Waals surface area contributed by atoms with Gasteiger partial charge in [0.25, 0.3) is 5.91 Å². The second kappa shape index (κ2) is 7.76. The molecular formula is C18H22BrN3OS. The lowest BCUT2D eigenvalue weighted by Crippen LogP contribution is -2.48. The summed E-state index contributed by atoms with van der Waals surface area (Å²) < 4.78 is 0.789. The van der Waals surface area contributed by atoms with E-state index in [4.69, 9.17) is 0 Å². The van der Waals surface area contributed by atoms with E-state index in [2.05, 4.69) is 63.9 Å². The van der Waals surface area contributed by atoms with Gasteiger partial charge in [0.1, 0.15) is 5.69 Å². The third kappa shape index (κ3) is 4.05. The number of rotatable bonds is 4. The molecule has 1 fully saturated rings. The van der Waals surface area contributed by atoms with Gasteiger partial charge in [-0.2, -0.15) is 0 Å². The van der Waals surface area contributed by atoms with Crippen LogP contribution in [0.3, 0.4) is 0 Å². The van der Waals surface area contributed by atoms with Crippen molar-refractivity contribution in [3.8, 4) is 0 Å². The predicted molar refractivity (Wildman–Crippen MR) is 102 cm³/mol. The summed E-state index contributed by atoms with van der Waals surface area (Å²) in [5.41, 5.74) is 1.95. The topological polar surface area (TPSA) is 36.4 Å². The molecule has 1 saturated heterocycles. The highest BCUT2D eigenvalue weighted by atomic mass is 79.9. The van der Waals surface area contributed by atoms with E-state index >= 15 is 0 Å². The molecule has 1 aromatic heterocycles. The Kier molecular flexibility index (Phi) is 5.69. The first-order valence-corrected chi connectivity index (χ1v) is 9.87. The molecule has 2 heterocycles. The third-order valence-corrected chi connectivity index (χ3v) is 6.07. The van der Waals surface area contributed by atoms with E-state index in [0.717, 1.165) is 41.5 Å². The van der Waals surface area contributed by atoms with Crippen molar-refractivity contribution in [1.29, 1.82) is 0 Å². The van der Waals surface area contributed by atoms with Crippen LogP contribution in [0.1, 0.15) is 40.7 Å². The number of hydrogen-bond acceptors (Lipinski definition) is 4. The van der Waals surface area contributed by atoms with Crippen LogP contribution in [0.5, 0.6) is 0 Å². The van der Waals surface area contributed by atoms with E-state index in [1.54, 1.807) is 11.3 Å². The molecule has 0 bridgehead atoms. The summed E-state index contributed by atoms with van der Waals surface area (Å²) in [4.78, 5) is 22.7. The summed E-state index contributed by atoms with van der Waals surface area (Å²) in [6.07, 6.45) is 0. The van der Waals surface area contributed by atoms with Crippen molar-refractivity contribution in [2.75, 3.05) is 26.2 Å². The maximum Gasteiger partial charge on any atom is 0.273 e. The maximum atomic E-state index is 12.8. The number of carbonyl (C=O) groups excluding carboxylic acids is 1. The molecule has 1 aliphatic heterocycles. The Morgan fingerprint density at radius 1 is 1.21 bits per heavy atom. The Balaban J connectivity index is 1.61. The number of carbonyl (C=O) groups is 1. The zero-order valence-electron chi connectivity index (χ0n) is 14.0. The molecule has 6 heteroatoms. The molecule has 2 aromatic rings. The highest BCUT2D eigenvalue weighted by Gasteiger charge is 2.27. The quantitative estimate of drug-likeness (QED) is 0.768. The van der Waals surface area contributed by atoms with Gasteiger partial charge in [-0.25, -0.2) is 4.98 Å². The van der Waals surface area contributed by atoms with Gasteiger partial charge in [0.15, 0.2) is 3.92 Å². The second-order valence-electron chi connectivity index (χ2n) is 6.39. The summed E-state index contributed by atoms with van der Waals surface area (Å²) in [7, 11) is 0. The van der Waals surface area contributed by atoms with Gasteiger partial charge in [0.05, 0.1) is 0 Å². The van der Waals surface area contributed by atoms with Crippen LogP contribution in [0.25, 0.3) is 0 Å². The van der Waals surface area contributed by atoms with Crippen LogP contribution in [0.2, 0.25) is 0 Å². The first kappa shape index (κ1) is 17.6. The van der Waals surface area contributed by atoms with Gasteiger partial charge in [-0.15, -0.1) is 11.3 Å². The molecule has 0 atom stereocenters. The summed E-state index contributed by atoms with van der Waals surface area (Å²) in [6, 6.07) is 10.5. The summed E-state index contributed by atoms with van der Waals surface area (Å²) in [5.74, 6) is 0.382. The van der Waals surface area contributed by atoms with E-state index in [-0.39, 0.29) is 5.91 Å². The van der Waals surface area contributed by atoms with E-state index in [1.165, 1.54) is 5.56 Å². The first-order valence-electron chi connectivity index (χ1n) is 8.26. The number of halogens is 1.